The quantitative estimate of drug-likeness (QED) is 0.0640. The third-order valence-corrected chi connectivity index (χ3v) is 9.40. The molecule has 2 rings (SSSR count). The number of likely N-dealkylation sites (tertiary alicyclic amines) is 1. The third kappa shape index (κ3) is 14.7. The van der Waals surface area contributed by atoms with Crippen LogP contribution < -0.4 is 32.3 Å². The van der Waals surface area contributed by atoms with Crippen LogP contribution in [-0.2, 0) is 44.7 Å². The maximum absolute atomic E-state index is 13.8. The molecule has 0 radical (unpaired) electrons. The van der Waals surface area contributed by atoms with Crippen molar-refractivity contribution in [2.75, 3.05) is 26.8 Å². The number of aliphatic hydroxyl groups is 2. The number of esters is 1. The van der Waals surface area contributed by atoms with Crippen LogP contribution in [0.3, 0.4) is 0 Å². The summed E-state index contributed by atoms with van der Waals surface area (Å²) in [5.74, 6) is -5.18. The molecule has 6 amide bonds. The van der Waals surface area contributed by atoms with Crippen molar-refractivity contribution in [3.63, 3.8) is 0 Å². The zero-order valence-corrected chi connectivity index (χ0v) is 32.1. The van der Waals surface area contributed by atoms with Gasteiger partial charge < -0.3 is 47.3 Å². The first kappa shape index (κ1) is 45.5. The van der Waals surface area contributed by atoms with Crippen molar-refractivity contribution in [3.05, 3.63) is 35.9 Å². The number of ether oxygens (including phenoxy) is 1. The topological polar surface area (TPSA) is 259 Å². The van der Waals surface area contributed by atoms with Gasteiger partial charge in [-0.05, 0) is 49.6 Å². The molecule has 0 aromatic heterocycles. The number of carbonyl (C=O) groups excluding carboxylic acids is 7. The number of β-amino-alcohol motifs (C(OH)–C–C–N with tert-alkyl or cyclic N) is 1. The molecule has 17 heteroatoms. The zero-order valence-electron chi connectivity index (χ0n) is 32.1. The number of carbonyl (C=O) groups is 7. The summed E-state index contributed by atoms with van der Waals surface area (Å²) < 4.78 is 4.91. The molecule has 0 spiro atoms. The van der Waals surface area contributed by atoms with E-state index in [1.54, 1.807) is 30.9 Å². The van der Waals surface area contributed by atoms with Gasteiger partial charge in [0.2, 0.25) is 35.4 Å². The molecule has 1 fully saturated rings. The van der Waals surface area contributed by atoms with Crippen LogP contribution in [-0.4, -0.2) is 126 Å². The molecular formula is C37H59N7O10. The summed E-state index contributed by atoms with van der Waals surface area (Å²) >= 11 is 0. The molecule has 8 atom stereocenters. The third-order valence-electron chi connectivity index (χ3n) is 9.40. The molecule has 1 aromatic rings. The molecule has 0 aliphatic carbocycles. The molecule has 1 aromatic carbocycles. The summed E-state index contributed by atoms with van der Waals surface area (Å²) in [4.78, 5) is 91.6. The van der Waals surface area contributed by atoms with Crippen molar-refractivity contribution in [3.8, 4) is 0 Å². The monoisotopic (exact) mass is 761 g/mol. The standard InChI is InChI=1S/C37H59N7O10/c1-7-22(4)32(37(53)54-6)43-36(52)29-14-11-15-44(29)19-30(47)25(17-24-12-9-8-10-13-24)40-34(50)27(18-31(38)48)42-33(49)26(16-21(2)3)41-35(51)28(20-45)39-23(5)46/h8-10,12-13,21-22,25-30,32,45,47H,7,11,14-20H2,1-6H3,(H2,38,48)(H,39,46)(H,40,50)(H,41,51)(H,42,49)(H,43,52)/t22-,25-,26-,27-,28-,29-,30?,32-/m0/s1. The number of hydrogen-bond donors (Lipinski definition) is 8. The Hall–Kier alpha value is -4.61. The Morgan fingerprint density at radius 1 is 0.907 bits per heavy atom. The number of rotatable bonds is 22. The molecule has 1 saturated heterocycles. The second kappa shape index (κ2) is 22.6. The van der Waals surface area contributed by atoms with E-state index in [0.717, 1.165) is 5.56 Å². The Morgan fingerprint density at radius 2 is 1.52 bits per heavy atom. The smallest absolute Gasteiger partial charge is 0.328 e. The van der Waals surface area contributed by atoms with E-state index in [1.165, 1.54) is 14.0 Å². The zero-order chi connectivity index (χ0) is 40.5. The summed E-state index contributed by atoms with van der Waals surface area (Å²) in [5.41, 5.74) is 6.24. The van der Waals surface area contributed by atoms with E-state index in [0.29, 0.717) is 25.8 Å². The normalized spacial score (nSPS) is 18.2. The molecule has 1 heterocycles. The molecule has 1 aliphatic rings. The summed E-state index contributed by atoms with van der Waals surface area (Å²) in [6, 6.07) is 2.50. The number of methoxy groups -OCH3 is 1. The van der Waals surface area contributed by atoms with Crippen LogP contribution in [0, 0.1) is 11.8 Å². The highest BCUT2D eigenvalue weighted by Crippen LogP contribution is 2.21. The molecule has 54 heavy (non-hydrogen) atoms. The van der Waals surface area contributed by atoms with Gasteiger partial charge in [-0.25, -0.2) is 4.79 Å². The second-order valence-electron chi connectivity index (χ2n) is 14.3. The first-order valence-corrected chi connectivity index (χ1v) is 18.4. The average molecular weight is 762 g/mol. The Labute approximate surface area is 316 Å². The summed E-state index contributed by atoms with van der Waals surface area (Å²) in [7, 11) is 1.26. The van der Waals surface area contributed by atoms with E-state index in [4.69, 9.17) is 10.5 Å². The highest BCUT2D eigenvalue weighted by molar-refractivity contribution is 5.95. The Morgan fingerprint density at radius 3 is 2.07 bits per heavy atom. The number of aliphatic hydroxyl groups excluding tert-OH is 2. The summed E-state index contributed by atoms with van der Waals surface area (Å²) in [5, 5.41) is 34.2. The fourth-order valence-electron chi connectivity index (χ4n) is 6.29. The molecular weight excluding hydrogens is 702 g/mol. The summed E-state index contributed by atoms with van der Waals surface area (Å²) in [6.07, 6.45) is 0.164. The van der Waals surface area contributed by atoms with Crippen molar-refractivity contribution in [1.29, 1.82) is 0 Å². The lowest BCUT2D eigenvalue weighted by Gasteiger charge is -2.32. The van der Waals surface area contributed by atoms with Crippen molar-refractivity contribution >= 4 is 41.4 Å². The molecule has 0 saturated carbocycles. The van der Waals surface area contributed by atoms with Gasteiger partial charge in [-0.1, -0.05) is 64.4 Å². The average Bonchev–Trinajstić information content (AvgIpc) is 3.59. The van der Waals surface area contributed by atoms with Crippen molar-refractivity contribution < 1.29 is 48.5 Å². The van der Waals surface area contributed by atoms with Gasteiger partial charge in [-0.3, -0.25) is 33.7 Å². The van der Waals surface area contributed by atoms with Crippen LogP contribution in [0.25, 0.3) is 0 Å². The molecule has 1 unspecified atom stereocenters. The summed E-state index contributed by atoms with van der Waals surface area (Å²) in [6.45, 7) is 8.21. The first-order chi connectivity index (χ1) is 25.5. The van der Waals surface area contributed by atoms with Crippen LogP contribution in [0.5, 0.6) is 0 Å². The molecule has 17 nitrogen and oxygen atoms in total. The van der Waals surface area contributed by atoms with Gasteiger partial charge in [-0.15, -0.1) is 0 Å². The molecule has 9 N–H and O–H groups in total. The minimum absolute atomic E-state index is 0.0300. The Balaban J connectivity index is 2.31. The van der Waals surface area contributed by atoms with Gasteiger partial charge in [0.1, 0.15) is 24.2 Å². The highest BCUT2D eigenvalue weighted by Gasteiger charge is 2.38. The van der Waals surface area contributed by atoms with E-state index in [1.807, 2.05) is 32.0 Å². The van der Waals surface area contributed by atoms with E-state index in [2.05, 4.69) is 26.6 Å². The van der Waals surface area contributed by atoms with E-state index < -0.39 is 90.9 Å². The predicted octanol–water partition coefficient (Wildman–Crippen LogP) is -1.37. The molecule has 1 aliphatic heterocycles. The largest absolute Gasteiger partial charge is 0.467 e. The van der Waals surface area contributed by atoms with Crippen molar-refractivity contribution in [1.82, 2.24) is 31.5 Å². The number of amides is 6. The lowest BCUT2D eigenvalue weighted by Crippen LogP contribution is -2.60. The number of hydrogen-bond acceptors (Lipinski definition) is 11. The van der Waals surface area contributed by atoms with E-state index in [9.17, 15) is 43.8 Å². The number of nitrogens with two attached hydrogens (primary N) is 1. The highest BCUT2D eigenvalue weighted by atomic mass is 16.5. The van der Waals surface area contributed by atoms with E-state index >= 15 is 0 Å². The molecule has 302 valence electrons. The van der Waals surface area contributed by atoms with Gasteiger partial charge in [-0.2, -0.15) is 0 Å². The van der Waals surface area contributed by atoms with Crippen molar-refractivity contribution in [2.24, 2.45) is 17.6 Å². The molecule has 0 bridgehead atoms. The van der Waals surface area contributed by atoms with Crippen molar-refractivity contribution in [2.45, 2.75) is 115 Å². The maximum atomic E-state index is 13.8. The SMILES string of the molecule is CC[C@H](C)[C@H](NC(=O)[C@@H]1CCCN1CC(O)[C@H](Cc1ccccc1)NC(=O)[C@H](CC(N)=O)NC(=O)[C@H](CC(C)C)NC(=O)[C@H](CO)NC(C)=O)C(=O)OC. The Kier molecular flexibility index (Phi) is 19.0. The minimum atomic E-state index is -1.50. The Bertz CT molecular complexity index is 1430. The number of primary amides is 1. The number of nitrogens with one attached hydrogen (secondary N) is 5. The lowest BCUT2D eigenvalue weighted by molar-refractivity contribution is -0.147. The first-order valence-electron chi connectivity index (χ1n) is 18.4. The van der Waals surface area contributed by atoms with Crippen LogP contribution in [0.1, 0.15) is 72.3 Å². The minimum Gasteiger partial charge on any atom is -0.467 e. The predicted molar refractivity (Wildman–Crippen MR) is 198 cm³/mol. The fraction of sp³-hybridized carbons (Fsp3) is 0.649. The van der Waals surface area contributed by atoms with Gasteiger partial charge in [0.25, 0.3) is 0 Å². The maximum Gasteiger partial charge on any atom is 0.328 e. The van der Waals surface area contributed by atoms with Crippen LogP contribution in [0.2, 0.25) is 0 Å². The van der Waals surface area contributed by atoms with Gasteiger partial charge >= 0.3 is 5.97 Å². The number of benzene rings is 1. The number of nitrogens with zero attached hydrogens (tertiary/aromatic N) is 1. The lowest BCUT2D eigenvalue weighted by atomic mass is 9.98. The van der Waals surface area contributed by atoms with Gasteiger partial charge in [0.05, 0.1) is 38.3 Å². The van der Waals surface area contributed by atoms with E-state index in [-0.39, 0.29) is 37.1 Å². The van der Waals surface area contributed by atoms with Crippen LogP contribution in [0.15, 0.2) is 30.3 Å². The van der Waals surface area contributed by atoms with Gasteiger partial charge in [0.15, 0.2) is 0 Å². The van der Waals surface area contributed by atoms with Gasteiger partial charge in [0, 0.05) is 13.5 Å². The van der Waals surface area contributed by atoms with Crippen LogP contribution in [0.4, 0.5) is 0 Å². The second-order valence-corrected chi connectivity index (χ2v) is 14.3. The van der Waals surface area contributed by atoms with Crippen LogP contribution >= 0.6 is 0 Å². The fourth-order valence-corrected chi connectivity index (χ4v) is 6.29.